The van der Waals surface area contributed by atoms with Crippen LogP contribution in [0, 0.1) is 6.92 Å². The standard InChI is InChI=1S/C31H34N4O4/c1-5-37-31(36)27-18-33-35-21(3)9-7-11-28(34-22(4)39-30(27)35)26-10-6-8-20(2)29(26)38-19-23-12-13-25-17-32-15-14-24(25)16-23/h6-13,16,18,22,32H,5,14-15,17,19H2,1-4H3/b11-7-,21-9+,34-28-. The number of carbonyl (C=O) groups is 1. The fourth-order valence-electron chi connectivity index (χ4n) is 4.81. The largest absolute Gasteiger partial charge is 0.488 e. The Kier molecular flexibility index (Phi) is 7.93. The van der Waals surface area contributed by atoms with Crippen molar-refractivity contribution in [3.05, 3.63) is 94.2 Å². The van der Waals surface area contributed by atoms with Crippen LogP contribution in [0.25, 0.3) is 5.70 Å². The number of para-hydroxylation sites is 1. The fourth-order valence-corrected chi connectivity index (χ4v) is 4.81. The van der Waals surface area contributed by atoms with Gasteiger partial charge in [0.15, 0.2) is 6.23 Å². The van der Waals surface area contributed by atoms with Gasteiger partial charge in [0.05, 0.1) is 18.5 Å². The van der Waals surface area contributed by atoms with Crippen molar-refractivity contribution in [1.29, 1.82) is 0 Å². The van der Waals surface area contributed by atoms with E-state index in [1.807, 2.05) is 57.2 Å². The molecule has 1 aromatic heterocycles. The molecule has 2 aliphatic rings. The van der Waals surface area contributed by atoms with Gasteiger partial charge in [0.1, 0.15) is 17.9 Å². The quantitative estimate of drug-likeness (QED) is 0.442. The van der Waals surface area contributed by atoms with E-state index in [1.165, 1.54) is 17.3 Å². The van der Waals surface area contributed by atoms with Crippen LogP contribution in [0.2, 0.25) is 0 Å². The maximum absolute atomic E-state index is 12.5. The molecule has 39 heavy (non-hydrogen) atoms. The third kappa shape index (κ3) is 5.81. The van der Waals surface area contributed by atoms with Gasteiger partial charge in [-0.3, -0.25) is 0 Å². The SMILES string of the molecule is CCOC(=O)c1cnn2c1OC(C)/N=C(c1cccc(C)c1OCc1ccc3c(c1)CCNC3)/C=C\C=C\2C. The molecule has 3 heterocycles. The highest BCUT2D eigenvalue weighted by atomic mass is 16.5. The number of aromatic nitrogens is 2. The van der Waals surface area contributed by atoms with Gasteiger partial charge < -0.3 is 19.5 Å². The minimum Gasteiger partial charge on any atom is -0.488 e. The van der Waals surface area contributed by atoms with Crippen LogP contribution in [-0.2, 0) is 24.3 Å². The number of fused-ring (bicyclic) bond motifs is 2. The highest BCUT2D eigenvalue weighted by molar-refractivity contribution is 6.11. The van der Waals surface area contributed by atoms with Crippen LogP contribution in [0.3, 0.4) is 0 Å². The first-order chi connectivity index (χ1) is 18.9. The zero-order chi connectivity index (χ0) is 27.4. The summed E-state index contributed by atoms with van der Waals surface area (Å²) < 4.78 is 19.4. The second-order valence-corrected chi connectivity index (χ2v) is 9.66. The summed E-state index contributed by atoms with van der Waals surface area (Å²) in [5.74, 6) is 0.599. The van der Waals surface area contributed by atoms with Crippen LogP contribution in [-0.4, -0.2) is 40.8 Å². The number of benzene rings is 2. The van der Waals surface area contributed by atoms with E-state index >= 15 is 0 Å². The smallest absolute Gasteiger partial charge is 0.345 e. The number of ether oxygens (including phenoxy) is 3. The summed E-state index contributed by atoms with van der Waals surface area (Å²) in [7, 11) is 0. The van der Waals surface area contributed by atoms with Gasteiger partial charge in [-0.1, -0.05) is 36.4 Å². The first-order valence-electron chi connectivity index (χ1n) is 13.3. The van der Waals surface area contributed by atoms with Gasteiger partial charge in [-0.2, -0.15) is 5.10 Å². The summed E-state index contributed by atoms with van der Waals surface area (Å²) in [6.45, 7) is 10.2. The van der Waals surface area contributed by atoms with Gasteiger partial charge in [-0.25, -0.2) is 14.5 Å². The van der Waals surface area contributed by atoms with Crippen molar-refractivity contribution in [3.8, 4) is 11.6 Å². The number of nitrogens with zero attached hydrogens (tertiary/aromatic N) is 3. The van der Waals surface area contributed by atoms with Crippen molar-refractivity contribution in [1.82, 2.24) is 15.1 Å². The Labute approximate surface area is 229 Å². The molecule has 8 heteroatoms. The lowest BCUT2D eigenvalue weighted by Crippen LogP contribution is -2.23. The van der Waals surface area contributed by atoms with Crippen molar-refractivity contribution >= 4 is 17.4 Å². The first-order valence-corrected chi connectivity index (χ1v) is 13.3. The van der Waals surface area contributed by atoms with Crippen LogP contribution >= 0.6 is 0 Å². The van der Waals surface area contributed by atoms with E-state index in [1.54, 1.807) is 11.6 Å². The molecule has 202 valence electrons. The Morgan fingerprint density at radius 1 is 1.21 bits per heavy atom. The molecule has 1 N–H and O–H groups in total. The van der Waals surface area contributed by atoms with Crippen molar-refractivity contribution < 1.29 is 19.0 Å². The molecule has 0 fully saturated rings. The van der Waals surface area contributed by atoms with E-state index in [0.717, 1.165) is 47.6 Å². The highest BCUT2D eigenvalue weighted by Gasteiger charge is 2.24. The maximum atomic E-state index is 12.5. The molecule has 1 atom stereocenters. The van der Waals surface area contributed by atoms with Gasteiger partial charge in [0, 0.05) is 17.8 Å². The fraction of sp³-hybridized carbons (Fsp3) is 0.323. The molecular formula is C31H34N4O4. The number of allylic oxidation sites excluding steroid dienone is 4. The van der Waals surface area contributed by atoms with Crippen molar-refractivity contribution in [3.63, 3.8) is 0 Å². The Hall–Kier alpha value is -4.17. The molecule has 0 saturated carbocycles. The van der Waals surface area contributed by atoms with Crippen molar-refractivity contribution in [2.24, 2.45) is 4.99 Å². The number of carbonyl (C=O) groups excluding carboxylic acids is 1. The predicted octanol–water partition coefficient (Wildman–Crippen LogP) is 5.24. The molecule has 2 aliphatic heterocycles. The lowest BCUT2D eigenvalue weighted by atomic mass is 9.98. The van der Waals surface area contributed by atoms with Crippen LogP contribution in [0.5, 0.6) is 11.6 Å². The Balaban J connectivity index is 1.45. The molecule has 3 aromatic rings. The van der Waals surface area contributed by atoms with Crippen LogP contribution < -0.4 is 14.8 Å². The van der Waals surface area contributed by atoms with Crippen LogP contribution in [0.1, 0.15) is 58.9 Å². The molecule has 1 unspecified atom stereocenters. The van der Waals surface area contributed by atoms with Gasteiger partial charge in [-0.15, -0.1) is 0 Å². The summed E-state index contributed by atoms with van der Waals surface area (Å²) in [6.07, 6.45) is 7.65. The van der Waals surface area contributed by atoms with E-state index in [2.05, 4.69) is 28.6 Å². The first kappa shape index (κ1) is 26.4. The monoisotopic (exact) mass is 526 g/mol. The number of rotatable bonds is 6. The average molecular weight is 527 g/mol. The number of hydrogen-bond donors (Lipinski definition) is 1. The molecule has 0 radical (unpaired) electrons. The molecule has 0 amide bonds. The second-order valence-electron chi connectivity index (χ2n) is 9.66. The summed E-state index contributed by atoms with van der Waals surface area (Å²) in [5, 5.41) is 7.77. The van der Waals surface area contributed by atoms with Crippen LogP contribution in [0.15, 0.2) is 65.8 Å². The predicted molar refractivity (Wildman–Crippen MR) is 151 cm³/mol. The van der Waals surface area contributed by atoms with Gasteiger partial charge in [-0.05, 0) is 81.1 Å². The zero-order valence-electron chi connectivity index (χ0n) is 22.9. The minimum atomic E-state index is -0.609. The van der Waals surface area contributed by atoms with E-state index in [0.29, 0.717) is 18.2 Å². The molecule has 8 nitrogen and oxygen atoms in total. The third-order valence-corrected chi connectivity index (χ3v) is 6.78. The molecule has 0 aliphatic carbocycles. The topological polar surface area (TPSA) is 87.0 Å². The molecule has 0 saturated heterocycles. The number of aliphatic imine (C=N–C) groups is 1. The summed E-state index contributed by atoms with van der Waals surface area (Å²) >= 11 is 0. The normalized spacial score (nSPS) is 20.3. The van der Waals surface area contributed by atoms with Gasteiger partial charge in [0.2, 0.25) is 5.88 Å². The summed E-state index contributed by atoms with van der Waals surface area (Å²) in [6, 6.07) is 12.6. The number of esters is 1. The Bertz CT molecular complexity index is 1470. The second kappa shape index (κ2) is 11.7. The molecule has 0 bridgehead atoms. The van der Waals surface area contributed by atoms with Gasteiger partial charge in [0.25, 0.3) is 0 Å². The van der Waals surface area contributed by atoms with E-state index in [4.69, 9.17) is 19.2 Å². The third-order valence-electron chi connectivity index (χ3n) is 6.78. The number of nitrogens with one attached hydrogen (secondary N) is 1. The van der Waals surface area contributed by atoms with Gasteiger partial charge >= 0.3 is 5.97 Å². The number of hydrogen-bond acceptors (Lipinski definition) is 7. The molecule has 2 aromatic carbocycles. The van der Waals surface area contributed by atoms with E-state index in [9.17, 15) is 4.79 Å². The van der Waals surface area contributed by atoms with Crippen LogP contribution in [0.4, 0.5) is 0 Å². The summed E-state index contributed by atoms with van der Waals surface area (Å²) in [5.41, 5.74) is 7.53. The summed E-state index contributed by atoms with van der Waals surface area (Å²) in [4.78, 5) is 17.4. The number of aryl methyl sites for hydroxylation is 1. The molecular weight excluding hydrogens is 492 g/mol. The lowest BCUT2D eigenvalue weighted by molar-refractivity contribution is 0.0519. The highest BCUT2D eigenvalue weighted by Crippen LogP contribution is 2.29. The van der Waals surface area contributed by atoms with Crippen molar-refractivity contribution in [2.45, 2.75) is 53.5 Å². The van der Waals surface area contributed by atoms with E-state index < -0.39 is 12.2 Å². The lowest BCUT2D eigenvalue weighted by Gasteiger charge is -2.20. The Morgan fingerprint density at radius 3 is 2.92 bits per heavy atom. The average Bonchev–Trinajstić information content (AvgIpc) is 3.35. The maximum Gasteiger partial charge on any atom is 0.345 e. The molecule has 5 rings (SSSR count). The van der Waals surface area contributed by atoms with Crippen molar-refractivity contribution in [2.75, 3.05) is 13.2 Å². The molecule has 0 spiro atoms. The van der Waals surface area contributed by atoms with E-state index in [-0.39, 0.29) is 12.2 Å². The Morgan fingerprint density at radius 2 is 2.08 bits per heavy atom. The minimum absolute atomic E-state index is 0.262. The zero-order valence-corrected chi connectivity index (χ0v) is 22.9.